The molecule has 2 N–H and O–H groups in total. The Balaban J connectivity index is 1.58. The van der Waals surface area contributed by atoms with Crippen molar-refractivity contribution in [2.24, 2.45) is 0 Å². The van der Waals surface area contributed by atoms with Gasteiger partial charge in [0.1, 0.15) is 12.2 Å². The van der Waals surface area contributed by atoms with Crippen LogP contribution in [0.3, 0.4) is 0 Å². The Bertz CT molecular complexity index is 1370. The van der Waals surface area contributed by atoms with Gasteiger partial charge in [-0.05, 0) is 74.6 Å². The molecular formula is C28H30N4O3. The molecule has 180 valence electrons. The molecule has 2 heterocycles. The Labute approximate surface area is 205 Å². The smallest absolute Gasteiger partial charge is 0.324 e. The molecule has 1 fully saturated rings. The number of urea groups is 1. The quantitative estimate of drug-likeness (QED) is 0.401. The Morgan fingerprint density at radius 3 is 2.43 bits per heavy atom. The summed E-state index contributed by atoms with van der Waals surface area (Å²) in [4.78, 5) is 39.0. The van der Waals surface area contributed by atoms with Crippen LogP contribution in [0.4, 0.5) is 10.5 Å². The molecule has 1 aliphatic rings. The Morgan fingerprint density at radius 2 is 1.71 bits per heavy atom. The van der Waals surface area contributed by atoms with Crippen LogP contribution in [-0.2, 0) is 16.0 Å². The SMILES string of the molecule is CCc1cccc(C)c1-n1c(C)cc(/C=C2\NC(=O)N(CC(=O)Nc3ccccc3C)C2=O)c1C. The molecule has 2 aromatic carbocycles. The maximum absolute atomic E-state index is 13.0. The van der Waals surface area contributed by atoms with Crippen molar-refractivity contribution in [3.05, 3.63) is 87.9 Å². The van der Waals surface area contributed by atoms with Crippen LogP contribution in [0.25, 0.3) is 11.8 Å². The molecule has 4 amide bonds. The van der Waals surface area contributed by atoms with Gasteiger partial charge in [-0.3, -0.25) is 9.59 Å². The number of hydrogen-bond acceptors (Lipinski definition) is 3. The summed E-state index contributed by atoms with van der Waals surface area (Å²) in [6.45, 7) is 9.76. The van der Waals surface area contributed by atoms with E-state index in [1.165, 1.54) is 11.1 Å². The minimum absolute atomic E-state index is 0.152. The summed E-state index contributed by atoms with van der Waals surface area (Å²) in [6, 6.07) is 15.0. The highest BCUT2D eigenvalue weighted by Gasteiger charge is 2.35. The van der Waals surface area contributed by atoms with E-state index >= 15 is 0 Å². The standard InChI is InChI=1S/C28H30N4O3/c1-6-21-12-9-11-18(3)26(21)32-19(4)14-22(20(32)5)15-24-27(34)31(28(35)30-24)16-25(33)29-23-13-8-7-10-17(23)2/h7-15H,6,16H2,1-5H3,(H,29,33)(H,30,35)/b24-15-. The molecule has 1 aliphatic heterocycles. The van der Waals surface area contributed by atoms with Crippen molar-refractivity contribution in [3.8, 4) is 5.69 Å². The number of para-hydroxylation sites is 2. The number of rotatable bonds is 6. The van der Waals surface area contributed by atoms with Gasteiger partial charge in [-0.2, -0.15) is 0 Å². The lowest BCUT2D eigenvalue weighted by Gasteiger charge is -2.17. The molecule has 4 rings (SSSR count). The normalized spacial score (nSPS) is 14.5. The summed E-state index contributed by atoms with van der Waals surface area (Å²) >= 11 is 0. The summed E-state index contributed by atoms with van der Waals surface area (Å²) in [5.74, 6) is -0.959. The lowest BCUT2D eigenvalue weighted by Crippen LogP contribution is -2.38. The fraction of sp³-hybridized carbons (Fsp3) is 0.250. The third-order valence-corrected chi connectivity index (χ3v) is 6.38. The molecule has 1 aromatic heterocycles. The molecule has 1 saturated heterocycles. The molecule has 0 aliphatic carbocycles. The van der Waals surface area contributed by atoms with E-state index in [0.717, 1.165) is 39.5 Å². The van der Waals surface area contributed by atoms with Gasteiger partial charge < -0.3 is 15.2 Å². The summed E-state index contributed by atoms with van der Waals surface area (Å²) in [7, 11) is 0. The van der Waals surface area contributed by atoms with E-state index in [2.05, 4.69) is 47.2 Å². The van der Waals surface area contributed by atoms with Crippen LogP contribution in [0.15, 0.2) is 54.2 Å². The van der Waals surface area contributed by atoms with Crippen molar-refractivity contribution < 1.29 is 14.4 Å². The topological polar surface area (TPSA) is 83.4 Å². The average Bonchev–Trinajstić information content (AvgIpc) is 3.24. The highest BCUT2D eigenvalue weighted by Crippen LogP contribution is 2.28. The summed E-state index contributed by atoms with van der Waals surface area (Å²) in [6.07, 6.45) is 2.58. The van der Waals surface area contributed by atoms with E-state index in [1.54, 1.807) is 12.1 Å². The number of nitrogens with one attached hydrogen (secondary N) is 2. The van der Waals surface area contributed by atoms with E-state index in [9.17, 15) is 14.4 Å². The number of carbonyl (C=O) groups is 3. The van der Waals surface area contributed by atoms with Gasteiger partial charge in [-0.15, -0.1) is 0 Å². The molecule has 35 heavy (non-hydrogen) atoms. The minimum atomic E-state index is -0.609. The van der Waals surface area contributed by atoms with Gasteiger partial charge in [0, 0.05) is 17.1 Å². The first kappa shape index (κ1) is 24.0. The molecule has 0 atom stereocenters. The van der Waals surface area contributed by atoms with Gasteiger partial charge in [0.25, 0.3) is 5.91 Å². The van der Waals surface area contributed by atoms with Crippen molar-refractivity contribution in [3.63, 3.8) is 0 Å². The van der Waals surface area contributed by atoms with Gasteiger partial charge in [0.2, 0.25) is 5.91 Å². The van der Waals surface area contributed by atoms with Crippen molar-refractivity contribution in [1.82, 2.24) is 14.8 Å². The summed E-state index contributed by atoms with van der Waals surface area (Å²) in [5, 5.41) is 5.38. The molecule has 0 radical (unpaired) electrons. The predicted molar refractivity (Wildman–Crippen MR) is 137 cm³/mol. The second kappa shape index (κ2) is 9.62. The Kier molecular flexibility index (Phi) is 6.60. The lowest BCUT2D eigenvalue weighted by molar-refractivity contribution is -0.127. The number of amides is 4. The van der Waals surface area contributed by atoms with Crippen LogP contribution in [0.5, 0.6) is 0 Å². The number of benzene rings is 2. The number of anilines is 1. The van der Waals surface area contributed by atoms with Crippen LogP contribution < -0.4 is 10.6 Å². The molecule has 0 spiro atoms. The third-order valence-electron chi connectivity index (χ3n) is 6.38. The van der Waals surface area contributed by atoms with Gasteiger partial charge >= 0.3 is 6.03 Å². The van der Waals surface area contributed by atoms with Gasteiger partial charge in [-0.25, -0.2) is 9.69 Å². The van der Waals surface area contributed by atoms with Crippen LogP contribution in [0.1, 0.15) is 40.6 Å². The maximum atomic E-state index is 13.0. The molecular weight excluding hydrogens is 440 g/mol. The first-order chi connectivity index (χ1) is 16.7. The third kappa shape index (κ3) is 4.62. The summed E-state index contributed by atoms with van der Waals surface area (Å²) < 4.78 is 2.19. The average molecular weight is 471 g/mol. The molecule has 0 bridgehead atoms. The molecule has 7 heteroatoms. The zero-order valence-corrected chi connectivity index (χ0v) is 20.7. The molecule has 7 nitrogen and oxygen atoms in total. The van der Waals surface area contributed by atoms with E-state index in [1.807, 2.05) is 45.0 Å². The number of aryl methyl sites for hydroxylation is 4. The van der Waals surface area contributed by atoms with E-state index in [0.29, 0.717) is 5.69 Å². The zero-order chi connectivity index (χ0) is 25.3. The molecule has 0 unspecified atom stereocenters. The largest absolute Gasteiger partial charge is 0.329 e. The monoisotopic (exact) mass is 470 g/mol. The maximum Gasteiger partial charge on any atom is 0.329 e. The van der Waals surface area contributed by atoms with Crippen molar-refractivity contribution in [1.29, 1.82) is 0 Å². The minimum Gasteiger partial charge on any atom is -0.324 e. The molecule has 0 saturated carbocycles. The number of aromatic nitrogens is 1. The van der Waals surface area contributed by atoms with Crippen molar-refractivity contribution >= 4 is 29.6 Å². The Morgan fingerprint density at radius 1 is 1.00 bits per heavy atom. The number of hydrogen-bond donors (Lipinski definition) is 2. The highest BCUT2D eigenvalue weighted by atomic mass is 16.2. The van der Waals surface area contributed by atoms with Gasteiger partial charge in [0.15, 0.2) is 0 Å². The van der Waals surface area contributed by atoms with Crippen LogP contribution >= 0.6 is 0 Å². The van der Waals surface area contributed by atoms with Crippen LogP contribution in [0, 0.1) is 27.7 Å². The van der Waals surface area contributed by atoms with Crippen LogP contribution in [-0.4, -0.2) is 33.9 Å². The molecule has 3 aromatic rings. The second-order valence-corrected chi connectivity index (χ2v) is 8.84. The number of carbonyl (C=O) groups excluding carboxylic acids is 3. The fourth-order valence-electron chi connectivity index (χ4n) is 4.52. The van der Waals surface area contributed by atoms with Gasteiger partial charge in [0.05, 0.1) is 5.69 Å². The van der Waals surface area contributed by atoms with E-state index in [-0.39, 0.29) is 12.2 Å². The summed E-state index contributed by atoms with van der Waals surface area (Å²) in [5.41, 5.74) is 8.09. The van der Waals surface area contributed by atoms with E-state index < -0.39 is 17.8 Å². The second-order valence-electron chi connectivity index (χ2n) is 8.84. The van der Waals surface area contributed by atoms with Crippen LogP contribution in [0.2, 0.25) is 0 Å². The zero-order valence-electron chi connectivity index (χ0n) is 20.7. The lowest BCUT2D eigenvalue weighted by atomic mass is 10.1. The van der Waals surface area contributed by atoms with Gasteiger partial charge in [-0.1, -0.05) is 43.3 Å². The number of nitrogens with zero attached hydrogens (tertiary/aromatic N) is 2. The first-order valence-corrected chi connectivity index (χ1v) is 11.7. The Hall–Kier alpha value is -4.13. The predicted octanol–water partition coefficient (Wildman–Crippen LogP) is 4.80. The van der Waals surface area contributed by atoms with Crippen molar-refractivity contribution in [2.75, 3.05) is 11.9 Å². The fourth-order valence-corrected chi connectivity index (χ4v) is 4.52. The van der Waals surface area contributed by atoms with E-state index in [4.69, 9.17) is 0 Å². The number of imide groups is 1. The highest BCUT2D eigenvalue weighted by molar-refractivity contribution is 6.16. The first-order valence-electron chi connectivity index (χ1n) is 11.7. The van der Waals surface area contributed by atoms with Crippen molar-refractivity contribution in [2.45, 2.75) is 41.0 Å².